The van der Waals surface area contributed by atoms with Gasteiger partial charge in [-0.1, -0.05) is 19.8 Å². The van der Waals surface area contributed by atoms with E-state index in [-0.39, 0.29) is 12.0 Å². The SMILES string of the molecule is CCCCCNc1cc(C(=O)N2CCN(C(=O)OCC)CC2)ncn1. The third kappa shape index (κ3) is 5.58. The average molecular weight is 349 g/mol. The molecule has 25 heavy (non-hydrogen) atoms. The van der Waals surface area contributed by atoms with Crippen molar-refractivity contribution in [2.45, 2.75) is 33.1 Å². The van der Waals surface area contributed by atoms with Gasteiger partial charge >= 0.3 is 6.09 Å². The molecule has 138 valence electrons. The first kappa shape index (κ1) is 19.0. The molecule has 8 nitrogen and oxygen atoms in total. The molecule has 0 saturated carbocycles. The molecule has 1 aromatic rings. The molecule has 0 atom stereocenters. The number of carbonyl (C=O) groups excluding carboxylic acids is 2. The highest BCUT2D eigenvalue weighted by molar-refractivity contribution is 5.93. The topological polar surface area (TPSA) is 87.7 Å². The lowest BCUT2D eigenvalue weighted by molar-refractivity contribution is 0.0566. The quantitative estimate of drug-likeness (QED) is 0.758. The van der Waals surface area contributed by atoms with E-state index in [1.807, 2.05) is 0 Å². The molecule has 1 N–H and O–H groups in total. The molecule has 2 rings (SSSR count). The Bertz CT molecular complexity index is 573. The van der Waals surface area contributed by atoms with Crippen LogP contribution in [0.4, 0.5) is 10.6 Å². The van der Waals surface area contributed by atoms with E-state index in [1.54, 1.807) is 22.8 Å². The van der Waals surface area contributed by atoms with Crippen LogP contribution in [-0.2, 0) is 4.74 Å². The maximum Gasteiger partial charge on any atom is 0.409 e. The second kappa shape index (κ2) is 9.80. The predicted octanol–water partition coefficient (Wildman–Crippen LogP) is 1.99. The van der Waals surface area contributed by atoms with E-state index < -0.39 is 0 Å². The zero-order valence-electron chi connectivity index (χ0n) is 15.0. The minimum atomic E-state index is -0.324. The predicted molar refractivity (Wildman–Crippen MR) is 94.5 cm³/mol. The molecule has 1 aliphatic heterocycles. The zero-order valence-corrected chi connectivity index (χ0v) is 15.0. The number of aromatic nitrogens is 2. The fourth-order valence-electron chi connectivity index (χ4n) is 2.63. The Morgan fingerprint density at radius 1 is 1.12 bits per heavy atom. The van der Waals surface area contributed by atoms with Crippen molar-refractivity contribution in [2.24, 2.45) is 0 Å². The van der Waals surface area contributed by atoms with E-state index in [4.69, 9.17) is 4.74 Å². The first-order chi connectivity index (χ1) is 12.2. The first-order valence-corrected chi connectivity index (χ1v) is 8.92. The van der Waals surface area contributed by atoms with E-state index in [2.05, 4.69) is 22.2 Å². The summed E-state index contributed by atoms with van der Waals surface area (Å²) in [6, 6.07) is 1.69. The number of piperazine rings is 1. The molecule has 1 saturated heterocycles. The molecule has 0 radical (unpaired) electrons. The van der Waals surface area contributed by atoms with Gasteiger partial charge in [0.1, 0.15) is 17.8 Å². The van der Waals surface area contributed by atoms with Crippen LogP contribution in [0.25, 0.3) is 0 Å². The van der Waals surface area contributed by atoms with E-state index >= 15 is 0 Å². The summed E-state index contributed by atoms with van der Waals surface area (Å²) in [6.45, 7) is 7.00. The van der Waals surface area contributed by atoms with Gasteiger partial charge < -0.3 is 19.9 Å². The molecule has 0 aromatic carbocycles. The summed E-state index contributed by atoms with van der Waals surface area (Å²) in [5.41, 5.74) is 0.373. The fourth-order valence-corrected chi connectivity index (χ4v) is 2.63. The maximum absolute atomic E-state index is 12.6. The van der Waals surface area contributed by atoms with Crippen molar-refractivity contribution < 1.29 is 14.3 Å². The van der Waals surface area contributed by atoms with Crippen molar-refractivity contribution in [2.75, 3.05) is 44.6 Å². The maximum atomic E-state index is 12.6. The molecular weight excluding hydrogens is 322 g/mol. The van der Waals surface area contributed by atoms with Crippen LogP contribution in [0.3, 0.4) is 0 Å². The van der Waals surface area contributed by atoms with Gasteiger partial charge in [0, 0.05) is 38.8 Å². The summed E-state index contributed by atoms with van der Waals surface area (Å²) in [4.78, 5) is 35.9. The van der Waals surface area contributed by atoms with Gasteiger partial charge in [0.2, 0.25) is 0 Å². The van der Waals surface area contributed by atoms with E-state index in [9.17, 15) is 9.59 Å². The number of unbranched alkanes of at least 4 members (excludes halogenated alkanes) is 2. The van der Waals surface area contributed by atoms with E-state index in [1.165, 1.54) is 6.33 Å². The standard InChI is InChI=1S/C17H27N5O3/c1-3-5-6-7-18-15-12-14(19-13-20-15)16(23)21-8-10-22(11-9-21)17(24)25-4-2/h12-13H,3-11H2,1-2H3,(H,18,19,20). The van der Waals surface area contributed by atoms with Crippen LogP contribution >= 0.6 is 0 Å². The van der Waals surface area contributed by atoms with E-state index in [0.29, 0.717) is 44.3 Å². The summed E-state index contributed by atoms with van der Waals surface area (Å²) in [6.07, 6.45) is 4.47. The van der Waals surface area contributed by atoms with Gasteiger partial charge in [0.05, 0.1) is 6.61 Å². The van der Waals surface area contributed by atoms with Gasteiger partial charge in [-0.15, -0.1) is 0 Å². The van der Waals surface area contributed by atoms with Gasteiger partial charge in [-0.3, -0.25) is 4.79 Å². The highest BCUT2D eigenvalue weighted by Crippen LogP contribution is 2.11. The van der Waals surface area contributed by atoms with Crippen LogP contribution < -0.4 is 5.32 Å². The van der Waals surface area contributed by atoms with Crippen LogP contribution in [0.5, 0.6) is 0 Å². The van der Waals surface area contributed by atoms with Crippen LogP contribution in [0.2, 0.25) is 0 Å². The molecule has 2 amide bonds. The Labute approximate surface area is 148 Å². The lowest BCUT2D eigenvalue weighted by Gasteiger charge is -2.33. The molecule has 1 fully saturated rings. The second-order valence-corrected chi connectivity index (χ2v) is 5.90. The number of anilines is 1. The molecule has 2 heterocycles. The van der Waals surface area contributed by atoms with Gasteiger partial charge in [-0.05, 0) is 13.3 Å². The lowest BCUT2D eigenvalue weighted by Crippen LogP contribution is -2.50. The van der Waals surface area contributed by atoms with Crippen molar-refractivity contribution in [1.29, 1.82) is 0 Å². The minimum absolute atomic E-state index is 0.137. The molecule has 0 aliphatic carbocycles. The summed E-state index contributed by atoms with van der Waals surface area (Å²) >= 11 is 0. The number of ether oxygens (including phenoxy) is 1. The molecule has 0 bridgehead atoms. The van der Waals surface area contributed by atoms with Gasteiger partial charge in [-0.2, -0.15) is 0 Å². The number of nitrogens with zero attached hydrogens (tertiary/aromatic N) is 4. The Hall–Kier alpha value is -2.38. The van der Waals surface area contributed by atoms with Gasteiger partial charge in [0.25, 0.3) is 5.91 Å². The molecule has 8 heteroatoms. The number of hydrogen-bond donors (Lipinski definition) is 1. The Morgan fingerprint density at radius 2 is 1.84 bits per heavy atom. The Morgan fingerprint density at radius 3 is 2.52 bits per heavy atom. The monoisotopic (exact) mass is 349 g/mol. The molecule has 0 spiro atoms. The van der Waals surface area contributed by atoms with Crippen molar-refractivity contribution in [3.63, 3.8) is 0 Å². The van der Waals surface area contributed by atoms with Crippen LogP contribution in [0, 0.1) is 0 Å². The lowest BCUT2D eigenvalue weighted by atomic mass is 10.2. The van der Waals surface area contributed by atoms with E-state index in [0.717, 1.165) is 25.8 Å². The van der Waals surface area contributed by atoms with Crippen molar-refractivity contribution in [1.82, 2.24) is 19.8 Å². The smallest absolute Gasteiger partial charge is 0.409 e. The largest absolute Gasteiger partial charge is 0.450 e. The van der Waals surface area contributed by atoms with Crippen LogP contribution in [0.15, 0.2) is 12.4 Å². The summed E-state index contributed by atoms with van der Waals surface area (Å²) in [5, 5.41) is 3.22. The fraction of sp³-hybridized carbons (Fsp3) is 0.647. The third-order valence-electron chi connectivity index (χ3n) is 4.07. The van der Waals surface area contributed by atoms with Crippen molar-refractivity contribution in [3.8, 4) is 0 Å². The highest BCUT2D eigenvalue weighted by Gasteiger charge is 2.26. The highest BCUT2D eigenvalue weighted by atomic mass is 16.6. The minimum Gasteiger partial charge on any atom is -0.450 e. The zero-order chi connectivity index (χ0) is 18.1. The third-order valence-corrected chi connectivity index (χ3v) is 4.07. The molecule has 0 unspecified atom stereocenters. The Balaban J connectivity index is 1.87. The molecular formula is C17H27N5O3. The summed E-state index contributed by atoms with van der Waals surface area (Å²) in [7, 11) is 0. The second-order valence-electron chi connectivity index (χ2n) is 5.90. The number of amides is 2. The summed E-state index contributed by atoms with van der Waals surface area (Å²) < 4.78 is 4.99. The number of carbonyl (C=O) groups is 2. The number of nitrogens with one attached hydrogen (secondary N) is 1. The number of hydrogen-bond acceptors (Lipinski definition) is 6. The van der Waals surface area contributed by atoms with Gasteiger partial charge in [-0.25, -0.2) is 14.8 Å². The average Bonchev–Trinajstić information content (AvgIpc) is 2.65. The van der Waals surface area contributed by atoms with Crippen molar-refractivity contribution in [3.05, 3.63) is 18.1 Å². The number of rotatable bonds is 7. The van der Waals surface area contributed by atoms with Crippen LogP contribution in [0.1, 0.15) is 43.6 Å². The Kier molecular flexibility index (Phi) is 7.43. The van der Waals surface area contributed by atoms with Gasteiger partial charge in [0.15, 0.2) is 0 Å². The van der Waals surface area contributed by atoms with Crippen molar-refractivity contribution >= 4 is 17.8 Å². The summed E-state index contributed by atoms with van der Waals surface area (Å²) in [5.74, 6) is 0.530. The molecule has 1 aromatic heterocycles. The normalized spacial score (nSPS) is 14.3. The van der Waals surface area contributed by atoms with Crippen LogP contribution in [-0.4, -0.2) is 71.1 Å². The first-order valence-electron chi connectivity index (χ1n) is 8.92. The molecule has 1 aliphatic rings.